The Morgan fingerprint density at radius 3 is 2.30 bits per heavy atom. The van der Waals surface area contributed by atoms with Gasteiger partial charge in [-0.1, -0.05) is 36.4 Å². The SMILES string of the molecule is O=C(c1ccccc1F)c1ccccc1CN1CCC1. The molecule has 3 heteroatoms. The number of likely N-dealkylation sites (tertiary alicyclic amines) is 1. The van der Waals surface area contributed by atoms with Crippen LogP contribution in [0.25, 0.3) is 0 Å². The maximum atomic E-state index is 13.8. The molecule has 1 fully saturated rings. The molecule has 3 rings (SSSR count). The van der Waals surface area contributed by atoms with Gasteiger partial charge < -0.3 is 0 Å². The molecule has 1 saturated heterocycles. The van der Waals surface area contributed by atoms with E-state index in [0.29, 0.717) is 5.56 Å². The Hall–Kier alpha value is -2.00. The molecule has 1 aliphatic heterocycles. The molecule has 1 aliphatic rings. The van der Waals surface area contributed by atoms with Gasteiger partial charge in [-0.3, -0.25) is 9.69 Å². The predicted octanol–water partition coefficient (Wildman–Crippen LogP) is 3.26. The topological polar surface area (TPSA) is 20.3 Å². The monoisotopic (exact) mass is 269 g/mol. The van der Waals surface area contributed by atoms with E-state index in [0.717, 1.165) is 25.2 Å². The van der Waals surface area contributed by atoms with Crippen LogP contribution >= 0.6 is 0 Å². The summed E-state index contributed by atoms with van der Waals surface area (Å²) < 4.78 is 13.8. The van der Waals surface area contributed by atoms with E-state index < -0.39 is 5.82 Å². The van der Waals surface area contributed by atoms with Crippen molar-refractivity contribution in [3.05, 3.63) is 71.0 Å². The van der Waals surface area contributed by atoms with Gasteiger partial charge in [-0.25, -0.2) is 4.39 Å². The molecule has 2 aromatic rings. The van der Waals surface area contributed by atoms with Gasteiger partial charge in [0.15, 0.2) is 5.78 Å². The van der Waals surface area contributed by atoms with Crippen molar-refractivity contribution < 1.29 is 9.18 Å². The molecule has 0 aromatic heterocycles. The van der Waals surface area contributed by atoms with Gasteiger partial charge in [0.1, 0.15) is 5.82 Å². The van der Waals surface area contributed by atoms with Crippen LogP contribution in [-0.4, -0.2) is 23.8 Å². The van der Waals surface area contributed by atoms with Gasteiger partial charge in [0.2, 0.25) is 0 Å². The smallest absolute Gasteiger partial charge is 0.196 e. The first-order valence-corrected chi connectivity index (χ1v) is 6.85. The van der Waals surface area contributed by atoms with E-state index >= 15 is 0 Å². The van der Waals surface area contributed by atoms with Crippen molar-refractivity contribution in [2.45, 2.75) is 13.0 Å². The summed E-state index contributed by atoms with van der Waals surface area (Å²) in [4.78, 5) is 14.8. The number of carbonyl (C=O) groups excluding carboxylic acids is 1. The standard InChI is InChI=1S/C17H16FNO/c18-16-9-4-3-8-15(16)17(20)14-7-2-1-6-13(14)12-19-10-5-11-19/h1-4,6-9H,5,10-12H2. The summed E-state index contributed by atoms with van der Waals surface area (Å²) in [5.74, 6) is -0.699. The Balaban J connectivity index is 1.93. The Bertz CT molecular complexity index is 634. The first-order valence-electron chi connectivity index (χ1n) is 6.85. The lowest BCUT2D eigenvalue weighted by atomic mass is 9.97. The number of hydrogen-bond donors (Lipinski definition) is 0. The lowest BCUT2D eigenvalue weighted by Crippen LogP contribution is -2.36. The highest BCUT2D eigenvalue weighted by Crippen LogP contribution is 2.20. The average Bonchev–Trinajstić information content (AvgIpc) is 2.43. The first kappa shape index (κ1) is 13.0. The largest absolute Gasteiger partial charge is 0.299 e. The van der Waals surface area contributed by atoms with Crippen LogP contribution in [0.3, 0.4) is 0 Å². The molecule has 102 valence electrons. The second-order valence-electron chi connectivity index (χ2n) is 5.10. The van der Waals surface area contributed by atoms with Crippen LogP contribution in [0.15, 0.2) is 48.5 Å². The number of carbonyl (C=O) groups is 1. The molecule has 0 unspecified atom stereocenters. The van der Waals surface area contributed by atoms with Crippen LogP contribution in [0, 0.1) is 5.82 Å². The Labute approximate surface area is 117 Å². The summed E-state index contributed by atoms with van der Waals surface area (Å²) in [5, 5.41) is 0. The predicted molar refractivity (Wildman–Crippen MR) is 76.2 cm³/mol. The number of ketones is 1. The molecule has 0 saturated carbocycles. The van der Waals surface area contributed by atoms with Crippen LogP contribution in [0.4, 0.5) is 4.39 Å². The van der Waals surface area contributed by atoms with Gasteiger partial charge in [-0.15, -0.1) is 0 Å². The molecular weight excluding hydrogens is 253 g/mol. The number of hydrogen-bond acceptors (Lipinski definition) is 2. The third-order valence-electron chi connectivity index (χ3n) is 3.72. The fourth-order valence-corrected chi connectivity index (χ4v) is 2.45. The van der Waals surface area contributed by atoms with Crippen molar-refractivity contribution in [1.29, 1.82) is 0 Å². The fourth-order valence-electron chi connectivity index (χ4n) is 2.45. The van der Waals surface area contributed by atoms with Crippen molar-refractivity contribution in [3.8, 4) is 0 Å². The van der Waals surface area contributed by atoms with Gasteiger partial charge >= 0.3 is 0 Å². The second kappa shape index (κ2) is 5.55. The van der Waals surface area contributed by atoms with Crippen molar-refractivity contribution in [3.63, 3.8) is 0 Å². The van der Waals surface area contributed by atoms with Gasteiger partial charge in [0, 0.05) is 12.1 Å². The zero-order chi connectivity index (χ0) is 13.9. The van der Waals surface area contributed by atoms with Gasteiger partial charge in [0.05, 0.1) is 5.56 Å². The van der Waals surface area contributed by atoms with Crippen LogP contribution in [-0.2, 0) is 6.54 Å². The van der Waals surface area contributed by atoms with E-state index in [1.54, 1.807) is 18.2 Å². The summed E-state index contributed by atoms with van der Waals surface area (Å²) in [7, 11) is 0. The normalized spacial score (nSPS) is 14.8. The zero-order valence-electron chi connectivity index (χ0n) is 11.2. The summed E-state index contributed by atoms with van der Waals surface area (Å²) in [5.41, 5.74) is 1.72. The van der Waals surface area contributed by atoms with Gasteiger partial charge in [0.25, 0.3) is 0 Å². The Morgan fingerprint density at radius 2 is 1.65 bits per heavy atom. The molecule has 0 aliphatic carbocycles. The lowest BCUT2D eigenvalue weighted by Gasteiger charge is -2.31. The average molecular weight is 269 g/mol. The highest BCUT2D eigenvalue weighted by Gasteiger charge is 2.20. The van der Waals surface area contributed by atoms with E-state index in [1.165, 1.54) is 18.6 Å². The molecule has 0 spiro atoms. The third-order valence-corrected chi connectivity index (χ3v) is 3.72. The highest BCUT2D eigenvalue weighted by molar-refractivity contribution is 6.10. The molecule has 2 aromatic carbocycles. The number of halogens is 1. The van der Waals surface area contributed by atoms with Gasteiger partial charge in [-0.2, -0.15) is 0 Å². The molecule has 2 nitrogen and oxygen atoms in total. The second-order valence-corrected chi connectivity index (χ2v) is 5.10. The minimum atomic E-state index is -0.462. The molecule has 0 N–H and O–H groups in total. The molecule has 1 heterocycles. The lowest BCUT2D eigenvalue weighted by molar-refractivity contribution is 0.103. The summed E-state index contributed by atoms with van der Waals surface area (Å²) >= 11 is 0. The number of nitrogens with zero attached hydrogens (tertiary/aromatic N) is 1. The highest BCUT2D eigenvalue weighted by atomic mass is 19.1. The third kappa shape index (κ3) is 2.49. The molecule has 20 heavy (non-hydrogen) atoms. The molecule has 0 radical (unpaired) electrons. The van der Waals surface area contributed by atoms with Crippen LogP contribution in [0.5, 0.6) is 0 Å². The van der Waals surface area contributed by atoms with Gasteiger partial charge in [-0.05, 0) is 37.2 Å². The summed E-state index contributed by atoms with van der Waals surface area (Å²) in [6.45, 7) is 2.90. The van der Waals surface area contributed by atoms with E-state index in [2.05, 4.69) is 4.90 Å². The molecular formula is C17H16FNO. The molecule has 0 atom stereocenters. The van der Waals surface area contributed by atoms with Crippen molar-refractivity contribution in [2.24, 2.45) is 0 Å². The zero-order valence-corrected chi connectivity index (χ0v) is 11.2. The van der Waals surface area contributed by atoms with E-state index in [4.69, 9.17) is 0 Å². The summed E-state index contributed by atoms with van der Waals surface area (Å²) in [6.07, 6.45) is 1.21. The first-order chi connectivity index (χ1) is 9.75. The summed E-state index contributed by atoms with van der Waals surface area (Å²) in [6, 6.07) is 13.6. The van der Waals surface area contributed by atoms with Crippen LogP contribution < -0.4 is 0 Å². The molecule has 0 bridgehead atoms. The van der Waals surface area contributed by atoms with Crippen molar-refractivity contribution >= 4 is 5.78 Å². The quantitative estimate of drug-likeness (QED) is 0.794. The van der Waals surface area contributed by atoms with E-state index in [1.807, 2.05) is 18.2 Å². The minimum Gasteiger partial charge on any atom is -0.299 e. The van der Waals surface area contributed by atoms with E-state index in [9.17, 15) is 9.18 Å². The van der Waals surface area contributed by atoms with E-state index in [-0.39, 0.29) is 11.3 Å². The minimum absolute atomic E-state index is 0.142. The number of rotatable bonds is 4. The Morgan fingerprint density at radius 1 is 1.00 bits per heavy atom. The van der Waals surface area contributed by atoms with Crippen LogP contribution in [0.1, 0.15) is 27.9 Å². The maximum Gasteiger partial charge on any atom is 0.196 e. The Kier molecular flexibility index (Phi) is 3.61. The van der Waals surface area contributed by atoms with Crippen molar-refractivity contribution in [1.82, 2.24) is 4.90 Å². The number of benzene rings is 2. The molecule has 0 amide bonds. The fraction of sp³-hybridized carbons (Fsp3) is 0.235. The van der Waals surface area contributed by atoms with Crippen molar-refractivity contribution in [2.75, 3.05) is 13.1 Å². The van der Waals surface area contributed by atoms with Crippen LogP contribution in [0.2, 0.25) is 0 Å². The maximum absolute atomic E-state index is 13.8.